The van der Waals surface area contributed by atoms with E-state index < -0.39 is 0 Å². The number of rotatable bonds is 4. The van der Waals surface area contributed by atoms with Gasteiger partial charge in [-0.15, -0.1) is 0 Å². The molecule has 0 radical (unpaired) electrons. The predicted molar refractivity (Wildman–Crippen MR) is 68.0 cm³/mol. The van der Waals surface area contributed by atoms with Crippen molar-refractivity contribution in [2.75, 3.05) is 6.61 Å². The molecule has 0 aliphatic carbocycles. The molecule has 2 aromatic rings. The smallest absolute Gasteiger partial charge is 0.310 e. The number of aryl methyl sites for hydroxylation is 1. The summed E-state index contributed by atoms with van der Waals surface area (Å²) in [6.45, 7) is 4.38. The summed E-state index contributed by atoms with van der Waals surface area (Å²) in [7, 11) is 0. The number of benzene rings is 1. The molecule has 0 unspecified atom stereocenters. The third-order valence-corrected chi connectivity index (χ3v) is 2.88. The van der Waals surface area contributed by atoms with Crippen LogP contribution >= 0.6 is 0 Å². The van der Waals surface area contributed by atoms with Crippen molar-refractivity contribution in [3.8, 4) is 0 Å². The minimum atomic E-state index is -0.171. The van der Waals surface area contributed by atoms with Crippen molar-refractivity contribution < 1.29 is 9.53 Å². The van der Waals surface area contributed by atoms with Crippen LogP contribution in [0.4, 0.5) is 0 Å². The lowest BCUT2D eigenvalue weighted by molar-refractivity contribution is -0.142. The largest absolute Gasteiger partial charge is 0.466 e. The second-order valence-electron chi connectivity index (χ2n) is 4.03. The lowest BCUT2D eigenvalue weighted by Crippen LogP contribution is -2.06. The van der Waals surface area contributed by atoms with Crippen LogP contribution < -0.4 is 0 Å². The van der Waals surface area contributed by atoms with Crippen molar-refractivity contribution in [2.24, 2.45) is 0 Å². The van der Waals surface area contributed by atoms with E-state index in [-0.39, 0.29) is 5.97 Å². The Morgan fingerprint density at radius 2 is 2.18 bits per heavy atom. The Hall–Kier alpha value is -1.77. The zero-order valence-electron chi connectivity index (χ0n) is 10.2. The van der Waals surface area contributed by atoms with Crippen LogP contribution in [0.25, 0.3) is 10.9 Å². The summed E-state index contributed by atoms with van der Waals surface area (Å²) >= 11 is 0. The van der Waals surface area contributed by atoms with Crippen LogP contribution in [0, 0.1) is 0 Å². The third-order valence-electron chi connectivity index (χ3n) is 2.88. The molecular formula is C14H17NO2. The number of aromatic nitrogens is 1. The van der Waals surface area contributed by atoms with Gasteiger partial charge in [-0.2, -0.15) is 0 Å². The molecule has 2 rings (SSSR count). The van der Waals surface area contributed by atoms with Crippen LogP contribution in [-0.4, -0.2) is 17.6 Å². The van der Waals surface area contributed by atoms with Gasteiger partial charge in [0.25, 0.3) is 0 Å². The van der Waals surface area contributed by atoms with Gasteiger partial charge in [0, 0.05) is 17.1 Å². The Morgan fingerprint density at radius 1 is 1.35 bits per heavy atom. The van der Waals surface area contributed by atoms with Crippen molar-refractivity contribution in [3.05, 3.63) is 35.5 Å². The molecule has 0 aliphatic heterocycles. The van der Waals surface area contributed by atoms with Gasteiger partial charge in [0.1, 0.15) is 0 Å². The van der Waals surface area contributed by atoms with Crippen molar-refractivity contribution in [1.82, 2.24) is 4.98 Å². The molecule has 0 aliphatic rings. The highest BCUT2D eigenvalue weighted by atomic mass is 16.5. The Morgan fingerprint density at radius 3 is 2.88 bits per heavy atom. The van der Waals surface area contributed by atoms with Crippen LogP contribution in [-0.2, 0) is 22.4 Å². The van der Waals surface area contributed by atoms with Gasteiger partial charge >= 0.3 is 5.97 Å². The third kappa shape index (κ3) is 2.49. The number of hydrogen-bond acceptors (Lipinski definition) is 2. The average molecular weight is 231 g/mol. The molecule has 0 saturated carbocycles. The summed E-state index contributed by atoms with van der Waals surface area (Å²) < 4.78 is 4.97. The zero-order chi connectivity index (χ0) is 12.3. The molecular weight excluding hydrogens is 214 g/mol. The molecule has 0 bridgehead atoms. The number of carbonyl (C=O) groups is 1. The Bertz CT molecular complexity index is 528. The molecule has 1 aromatic heterocycles. The first-order valence-corrected chi connectivity index (χ1v) is 5.99. The molecule has 1 N–H and O–H groups in total. The van der Waals surface area contributed by atoms with Crippen LogP contribution in [0.15, 0.2) is 24.4 Å². The van der Waals surface area contributed by atoms with Gasteiger partial charge in [0.05, 0.1) is 13.0 Å². The number of H-pyrrole nitrogens is 1. The van der Waals surface area contributed by atoms with Gasteiger partial charge in [-0.3, -0.25) is 4.79 Å². The van der Waals surface area contributed by atoms with Crippen molar-refractivity contribution >= 4 is 16.9 Å². The zero-order valence-corrected chi connectivity index (χ0v) is 10.2. The van der Waals surface area contributed by atoms with Gasteiger partial charge in [-0.25, -0.2) is 0 Å². The molecule has 3 nitrogen and oxygen atoms in total. The molecule has 90 valence electrons. The maximum atomic E-state index is 11.5. The second-order valence-corrected chi connectivity index (χ2v) is 4.03. The van der Waals surface area contributed by atoms with Crippen LogP contribution in [0.1, 0.15) is 25.0 Å². The molecule has 3 heteroatoms. The summed E-state index contributed by atoms with van der Waals surface area (Å²) in [6.07, 6.45) is 3.22. The van der Waals surface area contributed by atoms with E-state index in [1.807, 2.05) is 13.1 Å². The van der Waals surface area contributed by atoms with Gasteiger partial charge in [-0.05, 0) is 36.6 Å². The summed E-state index contributed by atoms with van der Waals surface area (Å²) in [5, 5.41) is 1.12. The van der Waals surface area contributed by atoms with E-state index in [4.69, 9.17) is 4.74 Å². The molecule has 1 heterocycles. The van der Waals surface area contributed by atoms with E-state index in [1.54, 1.807) is 0 Å². The maximum absolute atomic E-state index is 11.5. The Kier molecular flexibility index (Phi) is 3.47. The fourth-order valence-corrected chi connectivity index (χ4v) is 1.96. The summed E-state index contributed by atoms with van der Waals surface area (Å²) in [5.41, 5.74) is 3.36. The Labute approximate surface area is 101 Å². The van der Waals surface area contributed by atoms with Gasteiger partial charge < -0.3 is 9.72 Å². The minimum Gasteiger partial charge on any atom is -0.466 e. The van der Waals surface area contributed by atoms with Crippen LogP contribution in [0.2, 0.25) is 0 Å². The molecule has 0 saturated heterocycles. The molecule has 17 heavy (non-hydrogen) atoms. The first-order chi connectivity index (χ1) is 8.24. The topological polar surface area (TPSA) is 42.1 Å². The number of esters is 1. The normalized spacial score (nSPS) is 10.7. The molecule has 1 aromatic carbocycles. The Balaban J connectivity index is 2.30. The number of ether oxygens (including phenoxy) is 1. The maximum Gasteiger partial charge on any atom is 0.310 e. The highest BCUT2D eigenvalue weighted by Crippen LogP contribution is 2.20. The summed E-state index contributed by atoms with van der Waals surface area (Å²) in [5.74, 6) is -0.171. The van der Waals surface area contributed by atoms with Gasteiger partial charge in [0.15, 0.2) is 0 Å². The number of carbonyl (C=O) groups excluding carboxylic acids is 1. The van der Waals surface area contributed by atoms with E-state index in [9.17, 15) is 4.79 Å². The molecule has 0 atom stereocenters. The fraction of sp³-hybridized carbons (Fsp3) is 0.357. The van der Waals surface area contributed by atoms with Gasteiger partial charge in [0.2, 0.25) is 0 Å². The molecule has 0 spiro atoms. The quantitative estimate of drug-likeness (QED) is 0.822. The van der Waals surface area contributed by atoms with Crippen LogP contribution in [0.5, 0.6) is 0 Å². The van der Waals surface area contributed by atoms with Gasteiger partial charge in [-0.1, -0.05) is 13.0 Å². The van der Waals surface area contributed by atoms with E-state index in [0.717, 1.165) is 22.9 Å². The SMILES string of the molecule is CCOC(=O)Cc1c[nH]c2ccc(CC)cc12. The van der Waals surface area contributed by atoms with Crippen molar-refractivity contribution in [3.63, 3.8) is 0 Å². The van der Waals surface area contributed by atoms with E-state index >= 15 is 0 Å². The van der Waals surface area contributed by atoms with Crippen molar-refractivity contribution in [1.29, 1.82) is 0 Å². The lowest BCUT2D eigenvalue weighted by atomic mass is 10.1. The highest BCUT2D eigenvalue weighted by molar-refractivity contribution is 5.87. The highest BCUT2D eigenvalue weighted by Gasteiger charge is 2.09. The first kappa shape index (κ1) is 11.7. The second kappa shape index (κ2) is 5.04. The standard InChI is InChI=1S/C14H17NO2/c1-3-10-5-6-13-12(7-10)11(9-15-13)8-14(16)17-4-2/h5-7,9,15H,3-4,8H2,1-2H3. The fourth-order valence-electron chi connectivity index (χ4n) is 1.96. The van der Waals surface area contributed by atoms with Crippen molar-refractivity contribution in [2.45, 2.75) is 26.7 Å². The van der Waals surface area contributed by atoms with E-state index in [2.05, 4.69) is 30.1 Å². The lowest BCUT2D eigenvalue weighted by Gasteiger charge is -2.01. The summed E-state index contributed by atoms with van der Waals surface area (Å²) in [4.78, 5) is 14.7. The number of aromatic amines is 1. The summed E-state index contributed by atoms with van der Waals surface area (Å²) in [6, 6.07) is 6.30. The number of fused-ring (bicyclic) bond motifs is 1. The minimum absolute atomic E-state index is 0.171. The molecule has 0 fully saturated rings. The predicted octanol–water partition coefficient (Wildman–Crippen LogP) is 2.84. The monoisotopic (exact) mass is 231 g/mol. The number of nitrogens with one attached hydrogen (secondary N) is 1. The number of hydrogen-bond donors (Lipinski definition) is 1. The van der Waals surface area contributed by atoms with E-state index in [0.29, 0.717) is 13.0 Å². The molecule has 0 amide bonds. The van der Waals surface area contributed by atoms with E-state index in [1.165, 1.54) is 5.56 Å². The van der Waals surface area contributed by atoms with Crippen LogP contribution in [0.3, 0.4) is 0 Å². The average Bonchev–Trinajstić information content (AvgIpc) is 2.72. The first-order valence-electron chi connectivity index (χ1n) is 5.99.